The maximum atomic E-state index is 5.87. The predicted molar refractivity (Wildman–Crippen MR) is 63.0 cm³/mol. The topological polar surface area (TPSA) is 9.23 Å². The Bertz CT molecular complexity index is 355. The second kappa shape index (κ2) is 3.82. The van der Waals surface area contributed by atoms with E-state index in [1.165, 1.54) is 5.56 Å². The Morgan fingerprint density at radius 2 is 2.07 bits per heavy atom. The summed E-state index contributed by atoms with van der Waals surface area (Å²) in [6, 6.07) is 10.6. The summed E-state index contributed by atoms with van der Waals surface area (Å²) in [6.07, 6.45) is 1.05. The van der Waals surface area contributed by atoms with Crippen molar-refractivity contribution in [3.63, 3.8) is 0 Å². The van der Waals surface area contributed by atoms with E-state index in [2.05, 4.69) is 43.8 Å². The summed E-state index contributed by atoms with van der Waals surface area (Å²) < 4.78 is 5.87. The molecule has 80 valence electrons. The van der Waals surface area contributed by atoms with Crippen molar-refractivity contribution >= 4 is 0 Å². The summed E-state index contributed by atoms with van der Waals surface area (Å²) in [6.45, 7) is 9.01. The summed E-state index contributed by atoms with van der Waals surface area (Å²) in [4.78, 5) is 0. The minimum Gasteiger partial charge on any atom is -0.370 e. The molecule has 0 aliphatic carbocycles. The Balaban J connectivity index is 2.14. The Morgan fingerprint density at radius 3 is 2.60 bits per heavy atom. The fraction of sp³-hybridized carbons (Fsp3) is 0.429. The minimum absolute atomic E-state index is 0.124. The van der Waals surface area contributed by atoms with Crippen LogP contribution in [-0.2, 0) is 4.74 Å². The van der Waals surface area contributed by atoms with Crippen LogP contribution in [0.5, 0.6) is 0 Å². The zero-order valence-corrected chi connectivity index (χ0v) is 9.49. The Morgan fingerprint density at radius 1 is 1.40 bits per heavy atom. The highest BCUT2D eigenvalue weighted by atomic mass is 16.5. The van der Waals surface area contributed by atoms with Gasteiger partial charge in [0.25, 0.3) is 0 Å². The summed E-state index contributed by atoms with van der Waals surface area (Å²) in [5.41, 5.74) is 2.38. The monoisotopic (exact) mass is 202 g/mol. The molecule has 2 rings (SSSR count). The first-order valence-electron chi connectivity index (χ1n) is 5.47. The van der Waals surface area contributed by atoms with Crippen molar-refractivity contribution in [1.29, 1.82) is 0 Å². The largest absolute Gasteiger partial charge is 0.370 e. The molecule has 0 aromatic heterocycles. The van der Waals surface area contributed by atoms with E-state index in [1.807, 2.05) is 6.92 Å². The Labute approximate surface area is 91.8 Å². The molecular weight excluding hydrogens is 184 g/mol. The molecule has 1 aliphatic rings. The lowest BCUT2D eigenvalue weighted by Gasteiger charge is -2.23. The zero-order valence-electron chi connectivity index (χ0n) is 9.49. The molecule has 1 heterocycles. The predicted octanol–water partition coefficient (Wildman–Crippen LogP) is 3.53. The molecule has 1 aromatic rings. The van der Waals surface area contributed by atoms with Crippen LogP contribution in [0.4, 0.5) is 0 Å². The van der Waals surface area contributed by atoms with Gasteiger partial charge in [-0.25, -0.2) is 0 Å². The van der Waals surface area contributed by atoms with Crippen LogP contribution >= 0.6 is 0 Å². The van der Waals surface area contributed by atoms with Crippen LogP contribution in [0.1, 0.15) is 31.7 Å². The lowest BCUT2D eigenvalue weighted by molar-refractivity contribution is 0.0510. The molecular formula is C14H18O. The van der Waals surface area contributed by atoms with Crippen molar-refractivity contribution in [2.75, 3.05) is 6.61 Å². The van der Waals surface area contributed by atoms with Crippen LogP contribution in [0.25, 0.3) is 0 Å². The molecule has 0 radical (unpaired) electrons. The van der Waals surface area contributed by atoms with Gasteiger partial charge in [-0.3, -0.25) is 0 Å². The maximum absolute atomic E-state index is 5.87. The number of ether oxygens (including phenoxy) is 1. The molecule has 1 nitrogen and oxygen atoms in total. The van der Waals surface area contributed by atoms with Crippen molar-refractivity contribution in [1.82, 2.24) is 0 Å². The lowest BCUT2D eigenvalue weighted by atomic mass is 9.87. The highest BCUT2D eigenvalue weighted by Crippen LogP contribution is 2.39. The molecule has 0 N–H and O–H groups in total. The molecule has 2 unspecified atom stereocenters. The minimum atomic E-state index is -0.124. The van der Waals surface area contributed by atoms with E-state index in [4.69, 9.17) is 4.74 Å². The quantitative estimate of drug-likeness (QED) is 0.667. The van der Waals surface area contributed by atoms with E-state index in [0.29, 0.717) is 5.92 Å². The van der Waals surface area contributed by atoms with Gasteiger partial charge in [0, 0.05) is 5.92 Å². The van der Waals surface area contributed by atoms with Gasteiger partial charge in [-0.05, 0) is 31.4 Å². The average molecular weight is 202 g/mol. The summed E-state index contributed by atoms with van der Waals surface area (Å²) in [5, 5.41) is 0. The standard InChI is InChI=1S/C14H18O/c1-11(2)14(3)9-13(10-15-14)12-7-5-4-6-8-12/h4-8,13H,1,9-10H2,2-3H3. The molecule has 1 saturated heterocycles. The van der Waals surface area contributed by atoms with E-state index in [1.54, 1.807) is 0 Å². The molecule has 2 atom stereocenters. The van der Waals surface area contributed by atoms with Gasteiger partial charge < -0.3 is 4.74 Å². The van der Waals surface area contributed by atoms with Crippen LogP contribution in [0.15, 0.2) is 42.5 Å². The van der Waals surface area contributed by atoms with Crippen LogP contribution in [0.3, 0.4) is 0 Å². The van der Waals surface area contributed by atoms with Gasteiger partial charge in [-0.2, -0.15) is 0 Å². The highest BCUT2D eigenvalue weighted by Gasteiger charge is 2.37. The first-order valence-corrected chi connectivity index (χ1v) is 5.47. The smallest absolute Gasteiger partial charge is 0.0865 e. The molecule has 1 aromatic carbocycles. The number of benzene rings is 1. The van der Waals surface area contributed by atoms with Gasteiger partial charge >= 0.3 is 0 Å². The Kier molecular flexibility index (Phi) is 2.66. The summed E-state index contributed by atoms with van der Waals surface area (Å²) in [5.74, 6) is 0.521. The second-order valence-corrected chi connectivity index (χ2v) is 4.63. The van der Waals surface area contributed by atoms with Gasteiger partial charge in [0.05, 0.1) is 12.2 Å². The molecule has 1 fully saturated rings. The Hall–Kier alpha value is -1.08. The van der Waals surface area contributed by atoms with Crippen LogP contribution in [0.2, 0.25) is 0 Å². The van der Waals surface area contributed by atoms with Crippen molar-refractivity contribution < 1.29 is 4.74 Å². The van der Waals surface area contributed by atoms with Gasteiger partial charge in [-0.1, -0.05) is 36.9 Å². The molecule has 0 spiro atoms. The number of rotatable bonds is 2. The highest BCUT2D eigenvalue weighted by molar-refractivity contribution is 5.24. The molecule has 0 saturated carbocycles. The van der Waals surface area contributed by atoms with E-state index in [0.717, 1.165) is 18.6 Å². The molecule has 15 heavy (non-hydrogen) atoms. The van der Waals surface area contributed by atoms with Crippen molar-refractivity contribution in [3.05, 3.63) is 48.0 Å². The lowest BCUT2D eigenvalue weighted by Crippen LogP contribution is -2.23. The van der Waals surface area contributed by atoms with Gasteiger partial charge in [-0.15, -0.1) is 0 Å². The first-order chi connectivity index (χ1) is 7.12. The van der Waals surface area contributed by atoms with Gasteiger partial charge in [0.1, 0.15) is 0 Å². The second-order valence-electron chi connectivity index (χ2n) is 4.63. The van der Waals surface area contributed by atoms with Crippen LogP contribution < -0.4 is 0 Å². The van der Waals surface area contributed by atoms with E-state index >= 15 is 0 Å². The van der Waals surface area contributed by atoms with Gasteiger partial charge in [0.2, 0.25) is 0 Å². The molecule has 0 amide bonds. The number of hydrogen-bond acceptors (Lipinski definition) is 1. The van der Waals surface area contributed by atoms with Crippen molar-refractivity contribution in [2.24, 2.45) is 0 Å². The van der Waals surface area contributed by atoms with Crippen molar-refractivity contribution in [2.45, 2.75) is 31.8 Å². The van der Waals surface area contributed by atoms with Crippen molar-refractivity contribution in [3.8, 4) is 0 Å². The molecule has 0 bridgehead atoms. The molecule has 1 aliphatic heterocycles. The number of hydrogen-bond donors (Lipinski definition) is 0. The van der Waals surface area contributed by atoms with E-state index < -0.39 is 0 Å². The zero-order chi connectivity index (χ0) is 10.9. The summed E-state index contributed by atoms with van der Waals surface area (Å²) >= 11 is 0. The van der Waals surface area contributed by atoms with Crippen LogP contribution in [0, 0.1) is 0 Å². The van der Waals surface area contributed by atoms with Crippen LogP contribution in [-0.4, -0.2) is 12.2 Å². The third kappa shape index (κ3) is 1.98. The fourth-order valence-electron chi connectivity index (χ4n) is 2.11. The normalized spacial score (nSPS) is 30.4. The van der Waals surface area contributed by atoms with Gasteiger partial charge in [0.15, 0.2) is 0 Å². The fourth-order valence-corrected chi connectivity index (χ4v) is 2.11. The SMILES string of the molecule is C=C(C)C1(C)CC(c2ccccc2)CO1. The maximum Gasteiger partial charge on any atom is 0.0865 e. The van der Waals surface area contributed by atoms with E-state index in [9.17, 15) is 0 Å². The first kappa shape index (κ1) is 10.4. The third-order valence-corrected chi connectivity index (χ3v) is 3.41. The summed E-state index contributed by atoms with van der Waals surface area (Å²) in [7, 11) is 0. The van der Waals surface area contributed by atoms with E-state index in [-0.39, 0.29) is 5.60 Å². The average Bonchev–Trinajstić information content (AvgIpc) is 2.64. The molecule has 1 heteroatoms. The third-order valence-electron chi connectivity index (χ3n) is 3.41.